The fourth-order valence-corrected chi connectivity index (χ4v) is 6.83. The highest BCUT2D eigenvalue weighted by Gasteiger charge is 2.27. The maximum absolute atomic E-state index is 14.6. The Morgan fingerprint density at radius 2 is 1.53 bits per heavy atom. The number of ether oxygens (including phenoxy) is 4. The number of hydrogen-bond acceptors (Lipinski definition) is 11. The van der Waals surface area contributed by atoms with Crippen LogP contribution in [-0.2, 0) is 16.0 Å². The summed E-state index contributed by atoms with van der Waals surface area (Å²) in [5.41, 5.74) is 1.06. The molecule has 1 aliphatic rings. The lowest BCUT2D eigenvalue weighted by Crippen LogP contribution is -2.50. The molecule has 296 valence electrons. The van der Waals surface area contributed by atoms with Crippen molar-refractivity contribution in [1.82, 2.24) is 24.3 Å². The summed E-state index contributed by atoms with van der Waals surface area (Å²) in [5, 5.41) is 6.91. The predicted molar refractivity (Wildman–Crippen MR) is 216 cm³/mol. The van der Waals surface area contributed by atoms with E-state index in [1.807, 2.05) is 39.8 Å². The summed E-state index contributed by atoms with van der Waals surface area (Å²) in [6.45, 7) is 16.1. The number of piperazine rings is 1. The third-order valence-corrected chi connectivity index (χ3v) is 9.45. The zero-order chi connectivity index (χ0) is 40.2. The highest BCUT2D eigenvalue weighted by Crippen LogP contribution is 2.45. The summed E-state index contributed by atoms with van der Waals surface area (Å²) in [5.74, 6) is 0.783. The van der Waals surface area contributed by atoms with E-state index in [1.54, 1.807) is 54.6 Å². The maximum atomic E-state index is 14.6. The first-order valence-electron chi connectivity index (χ1n) is 18.0. The Morgan fingerprint density at radius 3 is 2.13 bits per heavy atom. The van der Waals surface area contributed by atoms with Crippen molar-refractivity contribution < 1.29 is 28.5 Å². The number of hydrogen-bond donors (Lipinski definition) is 2. The van der Waals surface area contributed by atoms with Crippen molar-refractivity contribution in [3.05, 3.63) is 62.5 Å². The minimum atomic E-state index is -0.690. The second-order valence-electron chi connectivity index (χ2n) is 15.2. The molecule has 2 aromatic carbocycles. The van der Waals surface area contributed by atoms with Crippen LogP contribution in [0.25, 0.3) is 22.2 Å². The molecule has 0 atom stereocenters. The predicted octanol–water partition coefficient (Wildman–Crippen LogP) is 8.12. The first-order valence-corrected chi connectivity index (χ1v) is 18.7. The fraction of sp³-hybridized carbons (Fsp3) is 0.462. The molecule has 0 aliphatic carbocycles. The van der Waals surface area contributed by atoms with Gasteiger partial charge in [0.25, 0.3) is 5.56 Å². The monoisotopic (exact) mass is 797 g/mol. The summed E-state index contributed by atoms with van der Waals surface area (Å²) < 4.78 is 23.6. The molecule has 5 rings (SSSR count). The molecular formula is C39H49Cl2N7O7. The Bertz CT molecular complexity index is 2090. The smallest absolute Gasteiger partial charge is 0.412 e. The molecule has 0 bridgehead atoms. The zero-order valence-corrected chi connectivity index (χ0v) is 34.3. The number of pyridine rings is 1. The van der Waals surface area contributed by atoms with Crippen LogP contribution >= 0.6 is 23.2 Å². The largest absolute Gasteiger partial charge is 0.495 e. The molecule has 3 heterocycles. The maximum Gasteiger partial charge on any atom is 0.412 e. The van der Waals surface area contributed by atoms with Crippen LogP contribution in [0.5, 0.6) is 11.5 Å². The van der Waals surface area contributed by atoms with E-state index in [1.165, 1.54) is 14.2 Å². The molecule has 16 heteroatoms. The van der Waals surface area contributed by atoms with Crippen molar-refractivity contribution >= 4 is 63.7 Å². The van der Waals surface area contributed by atoms with Gasteiger partial charge in [-0.15, -0.1) is 0 Å². The molecule has 2 amide bonds. The first kappa shape index (κ1) is 41.4. The topological polar surface area (TPSA) is 149 Å². The summed E-state index contributed by atoms with van der Waals surface area (Å²) in [6.07, 6.45) is 1.26. The van der Waals surface area contributed by atoms with Gasteiger partial charge in [-0.3, -0.25) is 19.6 Å². The number of anilines is 3. The van der Waals surface area contributed by atoms with Crippen LogP contribution in [0.1, 0.15) is 53.5 Å². The molecule has 0 spiro atoms. The average molecular weight is 799 g/mol. The molecule has 2 aromatic heterocycles. The van der Waals surface area contributed by atoms with Gasteiger partial charge >= 0.3 is 12.2 Å². The van der Waals surface area contributed by atoms with Crippen LogP contribution in [0.2, 0.25) is 10.0 Å². The third kappa shape index (κ3) is 10.1. The van der Waals surface area contributed by atoms with Crippen molar-refractivity contribution in [3.8, 4) is 22.6 Å². The van der Waals surface area contributed by atoms with E-state index in [0.717, 1.165) is 5.56 Å². The summed E-state index contributed by atoms with van der Waals surface area (Å²) in [6, 6.07) is 8.66. The number of nitrogens with one attached hydrogen (secondary N) is 2. The number of methoxy groups -OCH3 is 2. The van der Waals surface area contributed by atoms with E-state index in [2.05, 4.69) is 20.5 Å². The van der Waals surface area contributed by atoms with Crippen LogP contribution in [-0.4, -0.2) is 94.7 Å². The minimum absolute atomic E-state index is 0.155. The van der Waals surface area contributed by atoms with Crippen molar-refractivity contribution in [1.29, 1.82) is 0 Å². The lowest BCUT2D eigenvalue weighted by molar-refractivity contribution is 0.0143. The van der Waals surface area contributed by atoms with E-state index in [4.69, 9.17) is 47.1 Å². The number of fused-ring (bicyclic) bond motifs is 1. The Hall–Kier alpha value is -4.79. The van der Waals surface area contributed by atoms with E-state index in [9.17, 15) is 14.4 Å². The number of para-hydroxylation sites is 1. The highest BCUT2D eigenvalue weighted by molar-refractivity contribution is 6.41. The molecule has 14 nitrogen and oxygen atoms in total. The van der Waals surface area contributed by atoms with E-state index in [0.29, 0.717) is 73.1 Å². The van der Waals surface area contributed by atoms with Crippen LogP contribution in [0.3, 0.4) is 0 Å². The van der Waals surface area contributed by atoms with Gasteiger partial charge in [-0.1, -0.05) is 35.3 Å². The molecule has 1 fully saturated rings. The number of aryl methyl sites for hydroxylation is 2. The van der Waals surface area contributed by atoms with Gasteiger partial charge in [-0.25, -0.2) is 14.6 Å². The molecule has 2 N–H and O–H groups in total. The molecule has 0 saturated carbocycles. The number of carbonyl (C=O) groups is 2. The van der Waals surface area contributed by atoms with Crippen molar-refractivity contribution in [2.45, 2.75) is 72.6 Å². The Morgan fingerprint density at radius 1 is 0.891 bits per heavy atom. The first-order chi connectivity index (χ1) is 25.9. The van der Waals surface area contributed by atoms with Crippen LogP contribution in [0, 0.1) is 6.92 Å². The molecule has 0 radical (unpaired) electrons. The average Bonchev–Trinajstić information content (AvgIpc) is 3.10. The van der Waals surface area contributed by atoms with E-state index >= 15 is 0 Å². The van der Waals surface area contributed by atoms with Gasteiger partial charge in [-0.2, -0.15) is 4.98 Å². The Kier molecular flexibility index (Phi) is 12.7. The number of benzene rings is 2. The van der Waals surface area contributed by atoms with Crippen LogP contribution in [0.4, 0.5) is 26.9 Å². The number of halogens is 2. The van der Waals surface area contributed by atoms with Gasteiger partial charge in [0.1, 0.15) is 28.3 Å². The normalized spacial score (nSPS) is 13.8. The number of carbonyl (C=O) groups excluding carboxylic acids is 2. The number of nitrogens with zero attached hydrogens (tertiary/aromatic N) is 5. The number of rotatable bonds is 10. The zero-order valence-electron chi connectivity index (χ0n) is 32.8. The minimum Gasteiger partial charge on any atom is -0.495 e. The van der Waals surface area contributed by atoms with E-state index in [-0.39, 0.29) is 45.3 Å². The van der Waals surface area contributed by atoms with Crippen molar-refractivity contribution in [2.24, 2.45) is 0 Å². The molecule has 1 aliphatic heterocycles. The second kappa shape index (κ2) is 16.9. The lowest BCUT2D eigenvalue weighted by Gasteiger charge is -2.35. The number of amides is 2. The molecular weight excluding hydrogens is 749 g/mol. The van der Waals surface area contributed by atoms with Gasteiger partial charge in [0.15, 0.2) is 0 Å². The van der Waals surface area contributed by atoms with Gasteiger partial charge in [-0.05, 0) is 79.1 Å². The SMILES string of the molecule is COc1cc(OC)c(Cl)c(-c2cc3cnc(Nc4c(C)cccc4NC(=O)OC(C)(C)C)nc3n(CCCN3CCN(C(=O)OC(C)(C)C)CC3)c2=O)c1Cl. The molecule has 55 heavy (non-hydrogen) atoms. The third-order valence-electron chi connectivity index (χ3n) is 8.70. The lowest BCUT2D eigenvalue weighted by atomic mass is 10.0. The van der Waals surface area contributed by atoms with Crippen molar-refractivity contribution in [3.63, 3.8) is 0 Å². The summed E-state index contributed by atoms with van der Waals surface area (Å²) in [7, 11) is 2.94. The van der Waals surface area contributed by atoms with E-state index < -0.39 is 17.3 Å². The standard InChI is InChI=1S/C39H49Cl2N7O7/c1-23-12-10-13-26(43-36(50)54-38(2,3)4)32(23)44-35-42-22-24-20-25(29-30(40)27(52-8)21-28(53-9)31(29)41)34(49)48(33(24)45-35)15-11-14-46-16-18-47(19-17-46)37(51)55-39(5,6)7/h10,12-13,20-22H,11,14-19H2,1-9H3,(H,43,50)(H,42,44,45). The van der Waals surface area contributed by atoms with Crippen LogP contribution in [0.15, 0.2) is 41.3 Å². The molecule has 0 unspecified atom stereocenters. The van der Waals surface area contributed by atoms with Gasteiger partial charge in [0, 0.05) is 55.9 Å². The molecule has 1 saturated heterocycles. The quantitative estimate of drug-likeness (QED) is 0.160. The van der Waals surface area contributed by atoms with Gasteiger partial charge in [0.05, 0.1) is 41.2 Å². The van der Waals surface area contributed by atoms with Crippen LogP contribution < -0.4 is 25.7 Å². The Balaban J connectivity index is 1.50. The van der Waals surface area contributed by atoms with Crippen molar-refractivity contribution in [2.75, 3.05) is 57.6 Å². The van der Waals surface area contributed by atoms with Gasteiger partial charge < -0.3 is 29.2 Å². The highest BCUT2D eigenvalue weighted by atomic mass is 35.5. The number of aromatic nitrogens is 3. The molecule has 4 aromatic rings. The second-order valence-corrected chi connectivity index (χ2v) is 15.9. The van der Waals surface area contributed by atoms with Gasteiger partial charge in [0.2, 0.25) is 5.95 Å². The fourth-order valence-electron chi connectivity index (χ4n) is 6.12. The summed E-state index contributed by atoms with van der Waals surface area (Å²) >= 11 is 13.6. The Labute approximate surface area is 331 Å². The summed E-state index contributed by atoms with van der Waals surface area (Å²) in [4.78, 5) is 53.3.